The number of benzene rings is 1. The smallest absolute Gasteiger partial charge is 0.250 e. The first-order valence-corrected chi connectivity index (χ1v) is 6.79. The molecule has 0 radical (unpaired) electrons. The molecule has 1 heterocycles. The number of amides is 1. The van der Waals surface area contributed by atoms with Gasteiger partial charge in [0.1, 0.15) is 5.82 Å². The SMILES string of the molecule is CSc1ccccc1Nc1cc(C(N)=O)c(N)cn1. The zero-order valence-electron chi connectivity index (χ0n) is 10.4. The van der Waals surface area contributed by atoms with Crippen LogP contribution in [0.15, 0.2) is 41.4 Å². The van der Waals surface area contributed by atoms with Crippen molar-refractivity contribution in [3.63, 3.8) is 0 Å². The van der Waals surface area contributed by atoms with Crippen molar-refractivity contribution in [1.82, 2.24) is 4.98 Å². The van der Waals surface area contributed by atoms with Gasteiger partial charge >= 0.3 is 0 Å². The Morgan fingerprint density at radius 2 is 2.11 bits per heavy atom. The molecule has 5 nitrogen and oxygen atoms in total. The predicted molar refractivity (Wildman–Crippen MR) is 78.7 cm³/mol. The zero-order chi connectivity index (χ0) is 13.8. The lowest BCUT2D eigenvalue weighted by molar-refractivity contribution is 0.100. The van der Waals surface area contributed by atoms with Crippen LogP contribution in [0, 0.1) is 0 Å². The maximum Gasteiger partial charge on any atom is 0.250 e. The monoisotopic (exact) mass is 274 g/mol. The molecule has 6 heteroatoms. The van der Waals surface area contributed by atoms with Gasteiger partial charge in [0.2, 0.25) is 0 Å². The fourth-order valence-electron chi connectivity index (χ4n) is 1.63. The zero-order valence-corrected chi connectivity index (χ0v) is 11.2. The van der Waals surface area contributed by atoms with Crippen LogP contribution in [-0.4, -0.2) is 17.1 Å². The summed E-state index contributed by atoms with van der Waals surface area (Å²) in [5.74, 6) is -0.0365. The molecule has 0 unspecified atom stereocenters. The number of anilines is 3. The maximum absolute atomic E-state index is 11.2. The quantitative estimate of drug-likeness (QED) is 0.743. The van der Waals surface area contributed by atoms with Gasteiger partial charge < -0.3 is 16.8 Å². The molecule has 0 bridgehead atoms. The number of carbonyl (C=O) groups is 1. The van der Waals surface area contributed by atoms with Gasteiger partial charge in [-0.05, 0) is 24.5 Å². The van der Waals surface area contributed by atoms with Gasteiger partial charge in [-0.25, -0.2) is 4.98 Å². The van der Waals surface area contributed by atoms with Crippen molar-refractivity contribution in [2.75, 3.05) is 17.3 Å². The molecule has 5 N–H and O–H groups in total. The van der Waals surface area contributed by atoms with E-state index in [9.17, 15) is 4.79 Å². The van der Waals surface area contributed by atoms with Gasteiger partial charge in [0, 0.05) is 4.90 Å². The number of rotatable bonds is 4. The molecule has 2 aromatic rings. The van der Waals surface area contributed by atoms with E-state index in [-0.39, 0.29) is 11.3 Å². The Labute approximate surface area is 115 Å². The van der Waals surface area contributed by atoms with Gasteiger partial charge in [-0.3, -0.25) is 4.79 Å². The van der Waals surface area contributed by atoms with Crippen LogP contribution < -0.4 is 16.8 Å². The summed E-state index contributed by atoms with van der Waals surface area (Å²) in [6, 6.07) is 9.37. The topological polar surface area (TPSA) is 94.0 Å². The van der Waals surface area contributed by atoms with Crippen molar-refractivity contribution in [2.24, 2.45) is 5.73 Å². The van der Waals surface area contributed by atoms with Crippen molar-refractivity contribution >= 4 is 34.9 Å². The molecule has 0 atom stereocenters. The molecule has 0 saturated heterocycles. The van der Waals surface area contributed by atoms with E-state index >= 15 is 0 Å². The van der Waals surface area contributed by atoms with Gasteiger partial charge in [0.25, 0.3) is 5.91 Å². The normalized spacial score (nSPS) is 10.2. The number of nitrogens with one attached hydrogen (secondary N) is 1. The third-order valence-corrected chi connectivity index (χ3v) is 3.37. The van der Waals surface area contributed by atoms with Gasteiger partial charge in [-0.1, -0.05) is 12.1 Å². The summed E-state index contributed by atoms with van der Waals surface area (Å²) in [7, 11) is 0. The molecule has 2 rings (SSSR count). The van der Waals surface area contributed by atoms with Crippen LogP contribution in [0.1, 0.15) is 10.4 Å². The minimum absolute atomic E-state index is 0.263. The van der Waals surface area contributed by atoms with Crippen LogP contribution in [0.4, 0.5) is 17.2 Å². The van der Waals surface area contributed by atoms with Crippen molar-refractivity contribution in [1.29, 1.82) is 0 Å². The molecule has 0 saturated carbocycles. The van der Waals surface area contributed by atoms with E-state index in [1.807, 2.05) is 30.5 Å². The van der Waals surface area contributed by atoms with Crippen LogP contribution in [0.3, 0.4) is 0 Å². The number of hydrogen-bond donors (Lipinski definition) is 3. The fraction of sp³-hybridized carbons (Fsp3) is 0.0769. The van der Waals surface area contributed by atoms with E-state index < -0.39 is 5.91 Å². The summed E-state index contributed by atoms with van der Waals surface area (Å²) in [6.45, 7) is 0. The van der Waals surface area contributed by atoms with Crippen LogP contribution in [0.5, 0.6) is 0 Å². The first-order valence-electron chi connectivity index (χ1n) is 5.57. The predicted octanol–water partition coefficient (Wildman–Crippen LogP) is 2.23. The fourth-order valence-corrected chi connectivity index (χ4v) is 2.19. The second-order valence-electron chi connectivity index (χ2n) is 3.85. The standard InChI is InChI=1S/C13H14N4OS/c1-19-11-5-3-2-4-10(11)17-12-6-8(13(15)18)9(14)7-16-12/h2-7H,14H2,1H3,(H2,15,18)(H,16,17). The lowest BCUT2D eigenvalue weighted by Crippen LogP contribution is -2.14. The van der Waals surface area contributed by atoms with Gasteiger partial charge in [0.15, 0.2) is 0 Å². The summed E-state index contributed by atoms with van der Waals surface area (Å²) < 4.78 is 0. The van der Waals surface area contributed by atoms with E-state index in [0.29, 0.717) is 5.82 Å². The molecule has 1 aromatic carbocycles. The number of para-hydroxylation sites is 1. The third-order valence-electron chi connectivity index (χ3n) is 2.57. The van der Waals surface area contributed by atoms with Crippen LogP contribution in [0.25, 0.3) is 0 Å². The molecule has 19 heavy (non-hydrogen) atoms. The van der Waals surface area contributed by atoms with Crippen molar-refractivity contribution in [3.8, 4) is 0 Å². The van der Waals surface area contributed by atoms with E-state index in [1.54, 1.807) is 17.8 Å². The second kappa shape index (κ2) is 5.62. The number of hydrogen-bond acceptors (Lipinski definition) is 5. The molecule has 98 valence electrons. The Balaban J connectivity index is 2.33. The van der Waals surface area contributed by atoms with E-state index in [0.717, 1.165) is 10.6 Å². The minimum atomic E-state index is -0.568. The molecule has 0 aliphatic carbocycles. The summed E-state index contributed by atoms with van der Waals surface area (Å²) >= 11 is 1.62. The Morgan fingerprint density at radius 3 is 2.79 bits per heavy atom. The van der Waals surface area contributed by atoms with Gasteiger partial charge in [-0.2, -0.15) is 0 Å². The average molecular weight is 274 g/mol. The number of pyridine rings is 1. The highest BCUT2D eigenvalue weighted by atomic mass is 32.2. The highest BCUT2D eigenvalue weighted by Gasteiger charge is 2.09. The largest absolute Gasteiger partial charge is 0.397 e. The van der Waals surface area contributed by atoms with E-state index in [1.165, 1.54) is 6.20 Å². The number of nitrogens with two attached hydrogens (primary N) is 2. The number of nitrogen functional groups attached to an aromatic ring is 1. The average Bonchev–Trinajstić information content (AvgIpc) is 2.41. The highest BCUT2D eigenvalue weighted by molar-refractivity contribution is 7.98. The second-order valence-corrected chi connectivity index (χ2v) is 4.69. The maximum atomic E-state index is 11.2. The lowest BCUT2D eigenvalue weighted by atomic mass is 10.2. The number of aromatic nitrogens is 1. The molecular formula is C13H14N4OS. The highest BCUT2D eigenvalue weighted by Crippen LogP contribution is 2.27. The van der Waals surface area contributed by atoms with Crippen LogP contribution in [-0.2, 0) is 0 Å². The van der Waals surface area contributed by atoms with Crippen LogP contribution in [0.2, 0.25) is 0 Å². The Hall–Kier alpha value is -2.21. The number of thioether (sulfide) groups is 1. The minimum Gasteiger partial charge on any atom is -0.397 e. The number of carbonyl (C=O) groups excluding carboxylic acids is 1. The number of nitrogens with zero attached hydrogens (tertiary/aromatic N) is 1. The van der Waals surface area contributed by atoms with Crippen molar-refractivity contribution in [2.45, 2.75) is 4.90 Å². The van der Waals surface area contributed by atoms with Crippen molar-refractivity contribution in [3.05, 3.63) is 42.1 Å². The number of primary amides is 1. The Bertz CT molecular complexity index is 615. The summed E-state index contributed by atoms with van der Waals surface area (Å²) in [5, 5.41) is 3.15. The molecule has 0 aliphatic rings. The molecule has 1 amide bonds. The lowest BCUT2D eigenvalue weighted by Gasteiger charge is -2.11. The summed E-state index contributed by atoms with van der Waals surface area (Å²) in [6.07, 6.45) is 3.41. The van der Waals surface area contributed by atoms with Gasteiger partial charge in [-0.15, -0.1) is 11.8 Å². The summed E-state index contributed by atoms with van der Waals surface area (Å²) in [4.78, 5) is 16.5. The van der Waals surface area contributed by atoms with Crippen LogP contribution >= 0.6 is 11.8 Å². The first kappa shape index (κ1) is 13.2. The van der Waals surface area contributed by atoms with Crippen molar-refractivity contribution < 1.29 is 4.79 Å². The Kier molecular flexibility index (Phi) is 3.91. The van der Waals surface area contributed by atoms with Gasteiger partial charge in [0.05, 0.1) is 23.1 Å². The molecule has 0 spiro atoms. The van der Waals surface area contributed by atoms with E-state index in [4.69, 9.17) is 11.5 Å². The molecule has 0 aliphatic heterocycles. The summed E-state index contributed by atoms with van der Waals surface area (Å²) in [5.41, 5.74) is 12.4. The Morgan fingerprint density at radius 1 is 1.37 bits per heavy atom. The molecular weight excluding hydrogens is 260 g/mol. The third kappa shape index (κ3) is 2.97. The first-order chi connectivity index (χ1) is 9.11. The van der Waals surface area contributed by atoms with E-state index in [2.05, 4.69) is 10.3 Å². The molecule has 1 aromatic heterocycles. The molecule has 0 fully saturated rings.